The van der Waals surface area contributed by atoms with Crippen molar-refractivity contribution in [2.45, 2.75) is 39.5 Å². The molecule has 0 fully saturated rings. The lowest BCUT2D eigenvalue weighted by Crippen LogP contribution is -2.02. The summed E-state index contributed by atoms with van der Waals surface area (Å²) in [5.41, 5.74) is 7.72. The molecule has 1 aliphatic carbocycles. The molecule has 152 valence electrons. The maximum Gasteiger partial charge on any atom is 0.287 e. The summed E-state index contributed by atoms with van der Waals surface area (Å²) in [7, 11) is 0. The number of aryl methyl sites for hydroxylation is 2. The summed E-state index contributed by atoms with van der Waals surface area (Å²) in [5.74, 6) is 0.420. The Morgan fingerprint density at radius 1 is 1.37 bits per heavy atom. The Bertz CT molecular complexity index is 1180. The molecule has 0 aromatic carbocycles. The van der Waals surface area contributed by atoms with Gasteiger partial charge >= 0.3 is 0 Å². The lowest BCUT2D eigenvalue weighted by molar-refractivity contribution is -0.385. The number of rotatable bonds is 5. The number of fused-ring (bicyclic) bond motifs is 1. The van der Waals surface area contributed by atoms with Gasteiger partial charge in [0, 0.05) is 27.9 Å². The van der Waals surface area contributed by atoms with E-state index in [-0.39, 0.29) is 5.69 Å². The van der Waals surface area contributed by atoms with Crippen molar-refractivity contribution in [3.8, 4) is 11.1 Å². The zero-order valence-corrected chi connectivity index (χ0v) is 17.5. The Labute approximate surface area is 177 Å². The first-order valence-electron chi connectivity index (χ1n) is 9.63. The van der Waals surface area contributed by atoms with E-state index in [1.54, 1.807) is 17.6 Å². The number of nitrogens with zero attached hydrogens (tertiary/aromatic N) is 5. The molecule has 0 atom stereocenters. The first-order valence-corrected chi connectivity index (χ1v) is 10.4. The molecule has 0 saturated heterocycles. The largest absolute Gasteiger partial charge is 0.308 e. The summed E-state index contributed by atoms with van der Waals surface area (Å²) < 4.78 is 2.13. The quantitative estimate of drug-likeness (QED) is 0.367. The third-order valence-corrected chi connectivity index (χ3v) is 6.56. The van der Waals surface area contributed by atoms with Gasteiger partial charge < -0.3 is 4.57 Å². The summed E-state index contributed by atoms with van der Waals surface area (Å²) in [5, 5.41) is 25.7. The van der Waals surface area contributed by atoms with Gasteiger partial charge in [0.05, 0.1) is 16.7 Å². The van der Waals surface area contributed by atoms with Gasteiger partial charge in [-0.2, -0.15) is 10.4 Å². The summed E-state index contributed by atoms with van der Waals surface area (Å²) in [4.78, 5) is 15.5. The van der Waals surface area contributed by atoms with Crippen molar-refractivity contribution in [1.82, 2.24) is 9.55 Å². The van der Waals surface area contributed by atoms with Crippen LogP contribution in [0.15, 0.2) is 29.5 Å². The molecule has 0 saturated carbocycles. The Morgan fingerprint density at radius 2 is 2.17 bits per heavy atom. The van der Waals surface area contributed by atoms with E-state index < -0.39 is 4.92 Å². The van der Waals surface area contributed by atoms with E-state index in [9.17, 15) is 15.4 Å². The number of nitrogens with one attached hydrogen (secondary N) is 1. The molecule has 0 aliphatic heterocycles. The molecule has 0 amide bonds. The summed E-state index contributed by atoms with van der Waals surface area (Å²) in [6.45, 7) is 4.04. The van der Waals surface area contributed by atoms with Gasteiger partial charge in [0.2, 0.25) is 0 Å². The fourth-order valence-electron chi connectivity index (χ4n) is 3.78. The van der Waals surface area contributed by atoms with Crippen LogP contribution in [-0.4, -0.2) is 20.7 Å². The van der Waals surface area contributed by atoms with Crippen LogP contribution >= 0.6 is 11.3 Å². The van der Waals surface area contributed by atoms with E-state index in [1.165, 1.54) is 35.2 Å². The highest BCUT2D eigenvalue weighted by Gasteiger charge is 2.23. The van der Waals surface area contributed by atoms with Crippen molar-refractivity contribution >= 4 is 29.1 Å². The van der Waals surface area contributed by atoms with Gasteiger partial charge in [-0.3, -0.25) is 15.5 Å². The summed E-state index contributed by atoms with van der Waals surface area (Å²) in [6.07, 6.45) is 7.24. The average Bonchev–Trinajstić information content (AvgIpc) is 3.24. The molecule has 0 unspecified atom stereocenters. The molecule has 3 aromatic heterocycles. The minimum atomic E-state index is -0.493. The zero-order valence-electron chi connectivity index (χ0n) is 16.7. The van der Waals surface area contributed by atoms with Crippen LogP contribution in [0.1, 0.15) is 45.8 Å². The van der Waals surface area contributed by atoms with Gasteiger partial charge in [-0.15, -0.1) is 11.3 Å². The van der Waals surface area contributed by atoms with Crippen LogP contribution in [-0.2, 0) is 12.8 Å². The predicted octanol–water partition coefficient (Wildman–Crippen LogP) is 4.66. The van der Waals surface area contributed by atoms with Crippen LogP contribution in [0, 0.1) is 35.3 Å². The Balaban J connectivity index is 1.60. The second kappa shape index (κ2) is 8.08. The summed E-state index contributed by atoms with van der Waals surface area (Å²) in [6, 6.07) is 7.34. The first-order chi connectivity index (χ1) is 14.5. The molecular weight excluding hydrogens is 400 g/mol. The van der Waals surface area contributed by atoms with Crippen LogP contribution < -0.4 is 5.43 Å². The molecule has 8 nitrogen and oxygen atoms in total. The van der Waals surface area contributed by atoms with E-state index in [0.717, 1.165) is 46.8 Å². The van der Waals surface area contributed by atoms with Crippen molar-refractivity contribution < 1.29 is 4.92 Å². The van der Waals surface area contributed by atoms with Crippen molar-refractivity contribution in [2.75, 3.05) is 5.43 Å². The van der Waals surface area contributed by atoms with E-state index in [2.05, 4.69) is 26.1 Å². The van der Waals surface area contributed by atoms with Gasteiger partial charge in [-0.25, -0.2) is 4.98 Å². The van der Waals surface area contributed by atoms with Gasteiger partial charge in [-0.05, 0) is 57.2 Å². The number of pyridine rings is 1. The van der Waals surface area contributed by atoms with Gasteiger partial charge in [0.1, 0.15) is 23.1 Å². The van der Waals surface area contributed by atoms with Crippen LogP contribution in [0.5, 0.6) is 0 Å². The molecule has 0 radical (unpaired) electrons. The fourth-order valence-corrected chi connectivity index (χ4v) is 5.23. The number of anilines is 1. The molecule has 9 heteroatoms. The molecular formula is C21H20N6O2S. The number of nitro groups is 1. The van der Waals surface area contributed by atoms with Crippen molar-refractivity contribution in [3.63, 3.8) is 0 Å². The third-order valence-electron chi connectivity index (χ3n) is 5.28. The van der Waals surface area contributed by atoms with Crippen LogP contribution in [0.25, 0.3) is 5.00 Å². The second-order valence-electron chi connectivity index (χ2n) is 7.19. The van der Waals surface area contributed by atoms with Crippen molar-refractivity contribution in [3.05, 3.63) is 67.5 Å². The number of nitriles is 1. The predicted molar refractivity (Wildman–Crippen MR) is 117 cm³/mol. The molecule has 1 aliphatic rings. The maximum atomic E-state index is 10.7. The third kappa shape index (κ3) is 3.57. The highest BCUT2D eigenvalue weighted by atomic mass is 32.1. The second-order valence-corrected chi connectivity index (χ2v) is 8.28. The normalized spacial score (nSPS) is 13.2. The first kappa shape index (κ1) is 19.8. The Morgan fingerprint density at radius 3 is 2.87 bits per heavy atom. The topological polar surface area (TPSA) is 109 Å². The molecule has 30 heavy (non-hydrogen) atoms. The van der Waals surface area contributed by atoms with Gasteiger partial charge in [-0.1, -0.05) is 0 Å². The minimum absolute atomic E-state index is 0.0694. The molecule has 0 spiro atoms. The van der Waals surface area contributed by atoms with Gasteiger partial charge in [0.15, 0.2) is 0 Å². The highest BCUT2D eigenvalue weighted by molar-refractivity contribution is 7.15. The number of hydrogen-bond donors (Lipinski definition) is 1. The molecule has 3 heterocycles. The Kier molecular flexibility index (Phi) is 5.33. The highest BCUT2D eigenvalue weighted by Crippen LogP contribution is 2.38. The number of hydrogen-bond acceptors (Lipinski definition) is 7. The lowest BCUT2D eigenvalue weighted by atomic mass is 9.96. The zero-order chi connectivity index (χ0) is 21.3. The minimum Gasteiger partial charge on any atom is -0.308 e. The molecule has 3 aromatic rings. The summed E-state index contributed by atoms with van der Waals surface area (Å²) >= 11 is 1.72. The number of thiophene rings is 1. The van der Waals surface area contributed by atoms with E-state index in [4.69, 9.17) is 0 Å². The molecule has 1 N–H and O–H groups in total. The van der Waals surface area contributed by atoms with Crippen molar-refractivity contribution in [1.29, 1.82) is 5.26 Å². The van der Waals surface area contributed by atoms with Crippen molar-refractivity contribution in [2.24, 2.45) is 5.10 Å². The maximum absolute atomic E-state index is 10.7. The average molecular weight is 420 g/mol. The SMILES string of the molecule is Cc1cc(C=NNc2ccc([N+](=O)[O-])cn2)c(C)n1-c1sc2c(c1C#N)CCCC2. The molecule has 4 rings (SSSR count). The van der Waals surface area contributed by atoms with Crippen LogP contribution in [0.2, 0.25) is 0 Å². The van der Waals surface area contributed by atoms with E-state index >= 15 is 0 Å². The van der Waals surface area contributed by atoms with Crippen LogP contribution in [0.3, 0.4) is 0 Å². The molecule has 0 bridgehead atoms. The lowest BCUT2D eigenvalue weighted by Gasteiger charge is -2.10. The van der Waals surface area contributed by atoms with Crippen LogP contribution in [0.4, 0.5) is 11.5 Å². The Hall–Kier alpha value is -3.51. The smallest absolute Gasteiger partial charge is 0.287 e. The fraction of sp³-hybridized carbons (Fsp3) is 0.286. The number of aromatic nitrogens is 2. The standard InChI is InChI=1S/C21H20N6O2S/c1-13-9-15(11-24-25-20-8-7-16(12-23-20)27(28)29)14(2)26(13)21-18(10-22)17-5-3-4-6-19(17)30-21/h7-9,11-12H,3-6H2,1-2H3,(H,23,25). The number of hydrazone groups is 1. The van der Waals surface area contributed by atoms with Gasteiger partial charge in [0.25, 0.3) is 5.69 Å². The van der Waals surface area contributed by atoms with E-state index in [1.807, 2.05) is 19.9 Å². The monoisotopic (exact) mass is 420 g/mol. The van der Waals surface area contributed by atoms with E-state index in [0.29, 0.717) is 5.82 Å².